The number of carbonyl (C=O) groups is 1. The van der Waals surface area contributed by atoms with Gasteiger partial charge in [0.1, 0.15) is 0 Å². The SMILES string of the molecule is CCCCCCCC(=O)N1CCCN(Cc2ccc(C#N)cc2)CC1. The molecule has 1 heterocycles. The first-order chi connectivity index (χ1) is 12.2. The van der Waals surface area contributed by atoms with E-state index in [9.17, 15) is 4.79 Å². The largest absolute Gasteiger partial charge is 0.341 e. The normalized spacial score (nSPS) is 15.6. The fourth-order valence-corrected chi connectivity index (χ4v) is 3.36. The van der Waals surface area contributed by atoms with Crippen LogP contribution in [0.25, 0.3) is 0 Å². The molecule has 2 rings (SSSR count). The van der Waals surface area contributed by atoms with Crippen molar-refractivity contribution >= 4 is 5.91 Å². The zero-order valence-corrected chi connectivity index (χ0v) is 15.5. The molecule has 25 heavy (non-hydrogen) atoms. The molecule has 1 fully saturated rings. The van der Waals surface area contributed by atoms with Crippen LogP contribution in [0.1, 0.15) is 63.0 Å². The van der Waals surface area contributed by atoms with Crippen molar-refractivity contribution in [3.8, 4) is 6.07 Å². The zero-order chi connectivity index (χ0) is 17.9. The molecule has 1 aromatic carbocycles. The Balaban J connectivity index is 1.73. The first-order valence-corrected chi connectivity index (χ1v) is 9.72. The van der Waals surface area contributed by atoms with Gasteiger partial charge in [-0.3, -0.25) is 9.69 Å². The monoisotopic (exact) mass is 341 g/mol. The van der Waals surface area contributed by atoms with Crippen LogP contribution in [0.4, 0.5) is 0 Å². The van der Waals surface area contributed by atoms with E-state index in [4.69, 9.17) is 5.26 Å². The first-order valence-electron chi connectivity index (χ1n) is 9.72. The van der Waals surface area contributed by atoms with Crippen molar-refractivity contribution in [1.82, 2.24) is 9.80 Å². The molecule has 4 heteroatoms. The molecule has 0 atom stereocenters. The summed E-state index contributed by atoms with van der Waals surface area (Å²) < 4.78 is 0. The van der Waals surface area contributed by atoms with E-state index in [1.807, 2.05) is 24.3 Å². The number of unbranched alkanes of at least 4 members (excludes halogenated alkanes) is 4. The van der Waals surface area contributed by atoms with Gasteiger partial charge in [-0.2, -0.15) is 5.26 Å². The average molecular weight is 341 g/mol. The minimum atomic E-state index is 0.330. The van der Waals surface area contributed by atoms with E-state index in [1.165, 1.54) is 31.2 Å². The van der Waals surface area contributed by atoms with E-state index in [0.717, 1.165) is 45.6 Å². The second-order valence-corrected chi connectivity index (χ2v) is 6.98. The van der Waals surface area contributed by atoms with Crippen LogP contribution >= 0.6 is 0 Å². The van der Waals surface area contributed by atoms with Crippen molar-refractivity contribution in [1.29, 1.82) is 5.26 Å². The Labute approximate surface area is 152 Å². The number of hydrogen-bond acceptors (Lipinski definition) is 3. The van der Waals surface area contributed by atoms with E-state index in [2.05, 4.69) is 22.8 Å². The molecule has 0 bridgehead atoms. The van der Waals surface area contributed by atoms with Gasteiger partial charge < -0.3 is 4.90 Å². The van der Waals surface area contributed by atoms with Crippen molar-refractivity contribution in [2.75, 3.05) is 26.2 Å². The van der Waals surface area contributed by atoms with Crippen molar-refractivity contribution in [3.63, 3.8) is 0 Å². The second kappa shape index (κ2) is 10.9. The lowest BCUT2D eigenvalue weighted by Crippen LogP contribution is -2.34. The predicted octanol–water partition coefficient (Wildman–Crippen LogP) is 3.95. The Hall–Kier alpha value is -1.86. The number of rotatable bonds is 8. The maximum absolute atomic E-state index is 12.4. The Kier molecular flexibility index (Phi) is 8.48. The van der Waals surface area contributed by atoms with Gasteiger partial charge >= 0.3 is 0 Å². The smallest absolute Gasteiger partial charge is 0.222 e. The maximum Gasteiger partial charge on any atom is 0.222 e. The summed E-state index contributed by atoms with van der Waals surface area (Å²) in [6, 6.07) is 9.97. The Morgan fingerprint density at radius 2 is 1.80 bits per heavy atom. The highest BCUT2D eigenvalue weighted by Crippen LogP contribution is 2.12. The molecule has 1 amide bonds. The van der Waals surface area contributed by atoms with Gasteiger partial charge in [-0.15, -0.1) is 0 Å². The van der Waals surface area contributed by atoms with Gasteiger partial charge in [-0.25, -0.2) is 0 Å². The summed E-state index contributed by atoms with van der Waals surface area (Å²) in [6.07, 6.45) is 7.74. The van der Waals surface area contributed by atoms with E-state index < -0.39 is 0 Å². The van der Waals surface area contributed by atoms with E-state index >= 15 is 0 Å². The average Bonchev–Trinajstić information content (AvgIpc) is 2.88. The summed E-state index contributed by atoms with van der Waals surface area (Å²) in [7, 11) is 0. The topological polar surface area (TPSA) is 47.3 Å². The van der Waals surface area contributed by atoms with Crippen LogP contribution in [0, 0.1) is 11.3 Å². The number of amides is 1. The van der Waals surface area contributed by atoms with Crippen LogP contribution in [0.2, 0.25) is 0 Å². The molecule has 136 valence electrons. The maximum atomic E-state index is 12.4. The summed E-state index contributed by atoms with van der Waals surface area (Å²) in [4.78, 5) is 16.9. The third-order valence-corrected chi connectivity index (χ3v) is 4.92. The van der Waals surface area contributed by atoms with Crippen molar-refractivity contribution in [2.45, 2.75) is 58.4 Å². The molecule has 0 radical (unpaired) electrons. The molecule has 0 aliphatic carbocycles. The molecule has 1 aliphatic heterocycles. The van der Waals surface area contributed by atoms with Gasteiger partial charge in [0, 0.05) is 39.1 Å². The molecule has 1 saturated heterocycles. The second-order valence-electron chi connectivity index (χ2n) is 6.98. The van der Waals surface area contributed by atoms with Crippen LogP contribution in [-0.4, -0.2) is 41.9 Å². The minimum absolute atomic E-state index is 0.330. The van der Waals surface area contributed by atoms with E-state index in [1.54, 1.807) is 0 Å². The summed E-state index contributed by atoms with van der Waals surface area (Å²) >= 11 is 0. The molecule has 1 aliphatic rings. The molecule has 0 unspecified atom stereocenters. The highest BCUT2D eigenvalue weighted by molar-refractivity contribution is 5.76. The molecule has 1 aromatic rings. The highest BCUT2D eigenvalue weighted by atomic mass is 16.2. The number of carbonyl (C=O) groups excluding carboxylic acids is 1. The van der Waals surface area contributed by atoms with Gasteiger partial charge in [0.2, 0.25) is 5.91 Å². The van der Waals surface area contributed by atoms with Crippen LogP contribution in [0.15, 0.2) is 24.3 Å². The van der Waals surface area contributed by atoms with Gasteiger partial charge in [0.05, 0.1) is 11.6 Å². The molecule has 0 saturated carbocycles. The quantitative estimate of drug-likeness (QED) is 0.673. The van der Waals surface area contributed by atoms with E-state index in [0.29, 0.717) is 17.9 Å². The molecular weight excluding hydrogens is 310 g/mol. The van der Waals surface area contributed by atoms with Gasteiger partial charge in [0.15, 0.2) is 0 Å². The fourth-order valence-electron chi connectivity index (χ4n) is 3.36. The van der Waals surface area contributed by atoms with Crippen LogP contribution in [0.5, 0.6) is 0 Å². The Morgan fingerprint density at radius 3 is 2.52 bits per heavy atom. The minimum Gasteiger partial charge on any atom is -0.341 e. The van der Waals surface area contributed by atoms with Crippen LogP contribution in [-0.2, 0) is 11.3 Å². The van der Waals surface area contributed by atoms with Crippen LogP contribution in [0.3, 0.4) is 0 Å². The molecule has 4 nitrogen and oxygen atoms in total. The van der Waals surface area contributed by atoms with Gasteiger partial charge in [-0.05, 0) is 30.5 Å². The van der Waals surface area contributed by atoms with E-state index in [-0.39, 0.29) is 0 Å². The molecule has 0 aromatic heterocycles. The first kappa shape index (κ1) is 19.5. The number of nitrogens with zero attached hydrogens (tertiary/aromatic N) is 3. The summed E-state index contributed by atoms with van der Waals surface area (Å²) in [5, 5.41) is 8.87. The van der Waals surface area contributed by atoms with Crippen molar-refractivity contribution < 1.29 is 4.79 Å². The summed E-state index contributed by atoms with van der Waals surface area (Å²) in [6.45, 7) is 6.79. The number of benzene rings is 1. The Bertz CT molecular complexity index is 561. The summed E-state index contributed by atoms with van der Waals surface area (Å²) in [5.41, 5.74) is 1.94. The number of nitriles is 1. The molecular formula is C21H31N3O. The molecule has 0 spiro atoms. The lowest BCUT2D eigenvalue weighted by atomic mass is 10.1. The van der Waals surface area contributed by atoms with Gasteiger partial charge in [-0.1, -0.05) is 44.7 Å². The standard InChI is InChI=1S/C21H31N3O/c1-2-3-4-5-6-8-21(25)24-14-7-13-23(15-16-24)18-20-11-9-19(17-22)10-12-20/h9-12H,2-8,13-16,18H2,1H3. The zero-order valence-electron chi connectivity index (χ0n) is 15.5. The third-order valence-electron chi connectivity index (χ3n) is 4.92. The van der Waals surface area contributed by atoms with Gasteiger partial charge in [0.25, 0.3) is 0 Å². The predicted molar refractivity (Wildman–Crippen MR) is 101 cm³/mol. The lowest BCUT2D eigenvalue weighted by molar-refractivity contribution is -0.131. The third kappa shape index (κ3) is 6.88. The molecule has 0 N–H and O–H groups in total. The van der Waals surface area contributed by atoms with Crippen molar-refractivity contribution in [2.24, 2.45) is 0 Å². The fraction of sp³-hybridized carbons (Fsp3) is 0.619. The Morgan fingerprint density at radius 1 is 1.04 bits per heavy atom. The summed E-state index contributed by atoms with van der Waals surface area (Å²) in [5.74, 6) is 0.330. The van der Waals surface area contributed by atoms with Crippen molar-refractivity contribution in [3.05, 3.63) is 35.4 Å². The highest BCUT2D eigenvalue weighted by Gasteiger charge is 2.18. The number of hydrogen-bond donors (Lipinski definition) is 0. The lowest BCUT2D eigenvalue weighted by Gasteiger charge is -2.22. The van der Waals surface area contributed by atoms with Crippen LogP contribution < -0.4 is 0 Å².